The van der Waals surface area contributed by atoms with Crippen LogP contribution < -0.4 is 5.32 Å². The number of allylic oxidation sites excluding steroid dienone is 2. The molecule has 290 valence electrons. The Bertz CT molecular complexity index is 1700. The first-order chi connectivity index (χ1) is 23.9. The molecule has 5 aliphatic rings. The standard InChI is InChI=1S/C40H56F3NO7S/c1-34(2,3)50-33(46)44-27-16-21-39(32(45)49-24-25-12-10-9-11-13-25)23-22-37(7)26(31(27)39)14-15-29-36(6)19-18-30(51-52(47,48)40(41,42)43)35(4,5)28(36)17-20-38(29,37)8/h9-13,18,26-29,31H,14-17,19-24H2,1-8H3,(H,44,46)/t26-,27-,28+,29-,31+,36+,37-,38-,39+/m1/s1. The fourth-order valence-corrected chi connectivity index (χ4v) is 12.9. The number of ether oxygens (including phenoxy) is 2. The average molecular weight is 752 g/mol. The van der Waals surface area contributed by atoms with Crippen molar-refractivity contribution in [1.82, 2.24) is 5.32 Å². The molecule has 0 radical (unpaired) electrons. The molecule has 52 heavy (non-hydrogen) atoms. The van der Waals surface area contributed by atoms with Gasteiger partial charge >= 0.3 is 27.7 Å². The van der Waals surface area contributed by atoms with E-state index in [2.05, 4.69) is 26.1 Å². The van der Waals surface area contributed by atoms with Gasteiger partial charge in [0.15, 0.2) is 0 Å². The number of carbonyl (C=O) groups is 2. The summed E-state index contributed by atoms with van der Waals surface area (Å²) in [6, 6.07) is 9.36. The lowest BCUT2D eigenvalue weighted by Crippen LogP contribution is -2.67. The van der Waals surface area contributed by atoms with Crippen LogP contribution in [0.1, 0.15) is 119 Å². The van der Waals surface area contributed by atoms with Crippen LogP contribution in [0, 0.1) is 50.7 Å². The Kier molecular flexibility index (Phi) is 9.48. The van der Waals surface area contributed by atoms with Gasteiger partial charge in [-0.15, -0.1) is 0 Å². The number of alkyl carbamates (subject to hydrolysis) is 1. The summed E-state index contributed by atoms with van der Waals surface area (Å²) in [5, 5.41) is 3.20. The van der Waals surface area contributed by atoms with Crippen LogP contribution in [0.4, 0.5) is 18.0 Å². The molecule has 0 aromatic heterocycles. The van der Waals surface area contributed by atoms with Crippen LogP contribution in [0.25, 0.3) is 0 Å². The zero-order valence-corrected chi connectivity index (χ0v) is 32.6. The number of carbonyl (C=O) groups excluding carboxylic acids is 2. The van der Waals surface area contributed by atoms with Crippen molar-refractivity contribution in [3.8, 4) is 0 Å². The third-order valence-corrected chi connectivity index (χ3v) is 15.7. The Morgan fingerprint density at radius 3 is 2.17 bits per heavy atom. The van der Waals surface area contributed by atoms with Crippen LogP contribution in [0.15, 0.2) is 42.2 Å². The van der Waals surface area contributed by atoms with E-state index < -0.39 is 38.2 Å². The fourth-order valence-electron chi connectivity index (χ4n) is 12.3. The molecule has 1 aromatic rings. The van der Waals surface area contributed by atoms with E-state index in [1.165, 1.54) is 0 Å². The van der Waals surface area contributed by atoms with E-state index in [1.807, 2.05) is 65.0 Å². The SMILES string of the molecule is CC(C)(C)OC(=O)N[C@@H]1CC[C@]2(C(=O)OCc3ccccc3)CC[C@]3(C)[C@H](CC[C@@H]4[C@@]5(C)CC=C(OS(=O)(=O)C(F)(F)F)C(C)(C)[C@@H]5CC[C@]43C)[C@@H]12. The van der Waals surface area contributed by atoms with Crippen molar-refractivity contribution < 1.29 is 44.8 Å². The largest absolute Gasteiger partial charge is 0.534 e. The van der Waals surface area contributed by atoms with E-state index in [0.29, 0.717) is 32.1 Å². The molecule has 8 nitrogen and oxygen atoms in total. The molecule has 0 spiro atoms. The Labute approximate surface area is 307 Å². The molecule has 6 rings (SSSR count). The topological polar surface area (TPSA) is 108 Å². The maximum absolute atomic E-state index is 14.4. The third kappa shape index (κ3) is 6.14. The summed E-state index contributed by atoms with van der Waals surface area (Å²) in [6.07, 6.45) is 7.35. The van der Waals surface area contributed by atoms with Crippen LogP contribution in [-0.4, -0.2) is 37.6 Å². The molecule has 0 saturated heterocycles. The van der Waals surface area contributed by atoms with Crippen molar-refractivity contribution in [3.63, 3.8) is 0 Å². The third-order valence-electron chi connectivity index (χ3n) is 14.7. The van der Waals surface area contributed by atoms with Gasteiger partial charge in [0.2, 0.25) is 0 Å². The molecular weight excluding hydrogens is 696 g/mol. The van der Waals surface area contributed by atoms with E-state index in [-0.39, 0.29) is 64.3 Å². The van der Waals surface area contributed by atoms with Crippen LogP contribution in [0.2, 0.25) is 0 Å². The first-order valence-electron chi connectivity index (χ1n) is 18.8. The van der Waals surface area contributed by atoms with Gasteiger partial charge in [-0.25, -0.2) is 4.79 Å². The highest BCUT2D eigenvalue weighted by Gasteiger charge is 2.72. The van der Waals surface area contributed by atoms with Crippen LogP contribution in [-0.2, 0) is 35.2 Å². The van der Waals surface area contributed by atoms with Crippen LogP contribution >= 0.6 is 0 Å². The summed E-state index contributed by atoms with van der Waals surface area (Å²) in [4.78, 5) is 27.6. The monoisotopic (exact) mass is 751 g/mol. The zero-order valence-electron chi connectivity index (χ0n) is 31.8. The van der Waals surface area contributed by atoms with Gasteiger partial charge < -0.3 is 19.0 Å². The van der Waals surface area contributed by atoms with Crippen molar-refractivity contribution in [2.45, 2.75) is 137 Å². The molecule has 4 saturated carbocycles. The molecule has 12 heteroatoms. The molecule has 0 unspecified atom stereocenters. The first kappa shape index (κ1) is 38.9. The van der Waals surface area contributed by atoms with E-state index in [9.17, 15) is 31.2 Å². The van der Waals surface area contributed by atoms with Crippen LogP contribution in [0.3, 0.4) is 0 Å². The van der Waals surface area contributed by atoms with Gasteiger partial charge in [0.1, 0.15) is 18.0 Å². The molecule has 5 aliphatic carbocycles. The summed E-state index contributed by atoms with van der Waals surface area (Å²) in [6.45, 7) is 16.2. The molecule has 9 atom stereocenters. The fraction of sp³-hybridized carbons (Fsp3) is 0.750. The van der Waals surface area contributed by atoms with Gasteiger partial charge in [-0.2, -0.15) is 21.6 Å². The first-order valence-corrected chi connectivity index (χ1v) is 20.2. The molecule has 4 fully saturated rings. The lowest BCUT2D eigenvalue weighted by molar-refractivity contribution is -0.231. The van der Waals surface area contributed by atoms with Gasteiger partial charge in [-0.05, 0) is 130 Å². The molecule has 1 aromatic carbocycles. The van der Waals surface area contributed by atoms with Crippen molar-refractivity contribution in [2.75, 3.05) is 0 Å². The number of benzene rings is 1. The Balaban J connectivity index is 1.33. The minimum absolute atomic E-state index is 0.0947. The normalized spacial score (nSPS) is 38.4. The molecule has 0 bridgehead atoms. The van der Waals surface area contributed by atoms with Crippen molar-refractivity contribution in [3.05, 3.63) is 47.7 Å². The molecule has 0 aliphatic heterocycles. The quantitative estimate of drug-likeness (QED) is 0.175. The minimum Gasteiger partial charge on any atom is -0.460 e. The smallest absolute Gasteiger partial charge is 0.460 e. The van der Waals surface area contributed by atoms with Crippen molar-refractivity contribution in [2.24, 2.45) is 50.7 Å². The van der Waals surface area contributed by atoms with Gasteiger partial charge in [-0.1, -0.05) is 65.0 Å². The predicted molar refractivity (Wildman–Crippen MR) is 190 cm³/mol. The van der Waals surface area contributed by atoms with Gasteiger partial charge in [0, 0.05) is 11.5 Å². The Morgan fingerprint density at radius 1 is 0.865 bits per heavy atom. The predicted octanol–water partition coefficient (Wildman–Crippen LogP) is 9.45. The second-order valence-corrected chi connectivity index (χ2v) is 20.2. The van der Waals surface area contributed by atoms with E-state index in [4.69, 9.17) is 13.7 Å². The highest BCUT2D eigenvalue weighted by Crippen LogP contribution is 2.77. The maximum Gasteiger partial charge on any atom is 0.534 e. The number of fused-ring (bicyclic) bond motifs is 7. The summed E-state index contributed by atoms with van der Waals surface area (Å²) in [5.41, 5.74) is -7.72. The number of alkyl halides is 3. The number of amides is 1. The average Bonchev–Trinajstić information content (AvgIpc) is 3.39. The summed E-state index contributed by atoms with van der Waals surface area (Å²) >= 11 is 0. The van der Waals surface area contributed by atoms with Crippen LogP contribution in [0.5, 0.6) is 0 Å². The highest BCUT2D eigenvalue weighted by atomic mass is 32.2. The van der Waals surface area contributed by atoms with Gasteiger partial charge in [-0.3, -0.25) is 4.79 Å². The summed E-state index contributed by atoms with van der Waals surface area (Å²) in [5.74, 6) is -0.328. The van der Waals surface area contributed by atoms with Gasteiger partial charge in [0.25, 0.3) is 0 Å². The number of esters is 1. The lowest BCUT2D eigenvalue weighted by atomic mass is 9.33. The number of halogens is 3. The zero-order chi connectivity index (χ0) is 38.3. The number of hydrogen-bond donors (Lipinski definition) is 1. The molecular formula is C40H56F3NO7S. The Morgan fingerprint density at radius 2 is 1.54 bits per heavy atom. The number of rotatable bonds is 6. The highest BCUT2D eigenvalue weighted by molar-refractivity contribution is 7.87. The number of hydrogen-bond acceptors (Lipinski definition) is 7. The minimum atomic E-state index is -5.80. The summed E-state index contributed by atoms with van der Waals surface area (Å²) < 4.78 is 81.0. The second kappa shape index (κ2) is 12.7. The lowest BCUT2D eigenvalue weighted by Gasteiger charge is -2.72. The van der Waals surface area contributed by atoms with Crippen molar-refractivity contribution in [1.29, 1.82) is 0 Å². The molecule has 1 N–H and O–H groups in total. The van der Waals surface area contributed by atoms with Crippen molar-refractivity contribution >= 4 is 22.2 Å². The summed E-state index contributed by atoms with van der Waals surface area (Å²) in [7, 11) is -5.80. The molecule has 0 heterocycles. The Hall–Kier alpha value is -2.76. The van der Waals surface area contributed by atoms with E-state index in [1.54, 1.807) is 6.08 Å². The number of nitrogens with one attached hydrogen (secondary N) is 1. The maximum atomic E-state index is 14.4. The molecule has 1 amide bonds. The van der Waals surface area contributed by atoms with E-state index in [0.717, 1.165) is 31.2 Å². The van der Waals surface area contributed by atoms with Gasteiger partial charge in [0.05, 0.1) is 5.41 Å². The second-order valence-electron chi connectivity index (χ2n) is 18.7. The van der Waals surface area contributed by atoms with E-state index >= 15 is 0 Å².